The van der Waals surface area contributed by atoms with Crippen LogP contribution in [0.5, 0.6) is 17.2 Å². The van der Waals surface area contributed by atoms with Crippen molar-refractivity contribution in [3.8, 4) is 28.5 Å². The molecule has 1 aliphatic rings. The molecule has 0 saturated carbocycles. The van der Waals surface area contributed by atoms with Crippen LogP contribution in [0, 0.1) is 6.92 Å². The number of para-hydroxylation sites is 1. The van der Waals surface area contributed by atoms with E-state index in [9.17, 15) is 9.59 Å². The maximum Gasteiger partial charge on any atom is 0.277 e. The zero-order valence-electron chi connectivity index (χ0n) is 19.8. The molecule has 1 aliphatic heterocycles. The zero-order valence-corrected chi connectivity index (χ0v) is 19.8. The Morgan fingerprint density at radius 3 is 2.77 bits per heavy atom. The van der Waals surface area contributed by atoms with E-state index >= 15 is 0 Å². The first kappa shape index (κ1) is 22.5. The van der Waals surface area contributed by atoms with E-state index in [4.69, 9.17) is 14.2 Å². The topological polar surface area (TPSA) is 96.1 Å². The molecule has 1 N–H and O–H groups in total. The molecule has 2 aromatic heterocycles. The van der Waals surface area contributed by atoms with Gasteiger partial charge in [-0.1, -0.05) is 18.2 Å². The number of hydrogen-bond acceptors (Lipinski definition) is 6. The molecule has 0 aliphatic carbocycles. The molecular weight excluding hydrogens is 448 g/mol. The number of amides is 1. The van der Waals surface area contributed by atoms with E-state index in [1.165, 1.54) is 4.52 Å². The third-order valence-corrected chi connectivity index (χ3v) is 6.34. The second-order valence-corrected chi connectivity index (χ2v) is 8.39. The van der Waals surface area contributed by atoms with Crippen molar-refractivity contribution in [3.05, 3.63) is 75.7 Å². The zero-order chi connectivity index (χ0) is 24.5. The van der Waals surface area contributed by atoms with Gasteiger partial charge in [-0.3, -0.25) is 9.59 Å². The molecule has 2 aromatic carbocycles. The van der Waals surface area contributed by atoms with E-state index in [2.05, 4.69) is 10.4 Å². The van der Waals surface area contributed by atoms with Crippen LogP contribution in [-0.4, -0.2) is 34.0 Å². The number of nitrogens with zero attached hydrogens (tertiary/aromatic N) is 3. The van der Waals surface area contributed by atoms with Crippen molar-refractivity contribution in [2.75, 3.05) is 13.9 Å². The Balaban J connectivity index is 1.33. The van der Waals surface area contributed by atoms with Crippen LogP contribution in [0.1, 0.15) is 23.2 Å². The van der Waals surface area contributed by atoms with Gasteiger partial charge in [0.2, 0.25) is 12.7 Å². The van der Waals surface area contributed by atoms with Gasteiger partial charge in [0.25, 0.3) is 5.56 Å². The Labute approximate surface area is 201 Å². The molecule has 9 nitrogen and oxygen atoms in total. The number of methoxy groups -OCH3 is 1. The van der Waals surface area contributed by atoms with Crippen molar-refractivity contribution in [2.24, 2.45) is 7.05 Å². The van der Waals surface area contributed by atoms with Crippen molar-refractivity contribution in [1.29, 1.82) is 0 Å². The summed E-state index contributed by atoms with van der Waals surface area (Å²) < 4.78 is 19.5. The van der Waals surface area contributed by atoms with E-state index in [1.807, 2.05) is 67.1 Å². The predicted octanol–water partition coefficient (Wildman–Crippen LogP) is 2.99. The molecule has 4 aromatic rings. The van der Waals surface area contributed by atoms with Gasteiger partial charge in [0.1, 0.15) is 11.4 Å². The maximum atomic E-state index is 13.3. The van der Waals surface area contributed by atoms with Crippen LogP contribution >= 0.6 is 0 Å². The number of aromatic nitrogens is 3. The van der Waals surface area contributed by atoms with E-state index in [1.54, 1.807) is 7.11 Å². The third-order valence-electron chi connectivity index (χ3n) is 6.34. The summed E-state index contributed by atoms with van der Waals surface area (Å²) in [4.78, 5) is 25.8. The first-order valence-electron chi connectivity index (χ1n) is 11.3. The number of carbonyl (C=O) groups excluding carboxylic acids is 1. The summed E-state index contributed by atoms with van der Waals surface area (Å²) in [6.07, 6.45) is 0.498. The molecule has 0 spiro atoms. The smallest absolute Gasteiger partial charge is 0.277 e. The molecule has 1 amide bonds. The molecule has 9 heteroatoms. The fourth-order valence-corrected chi connectivity index (χ4v) is 4.27. The summed E-state index contributed by atoms with van der Waals surface area (Å²) in [6.45, 7) is 2.46. The Hall–Kier alpha value is -4.27. The lowest BCUT2D eigenvalue weighted by Gasteiger charge is -2.12. The van der Waals surface area contributed by atoms with Crippen molar-refractivity contribution >= 4 is 11.6 Å². The van der Waals surface area contributed by atoms with Gasteiger partial charge in [-0.25, -0.2) is 0 Å². The largest absolute Gasteiger partial charge is 0.496 e. The number of hydrogen-bond donors (Lipinski definition) is 1. The van der Waals surface area contributed by atoms with Crippen LogP contribution in [0.3, 0.4) is 0 Å². The average molecular weight is 475 g/mol. The summed E-state index contributed by atoms with van der Waals surface area (Å²) in [5, 5.41) is 7.47. The second-order valence-electron chi connectivity index (χ2n) is 8.39. The highest BCUT2D eigenvalue weighted by atomic mass is 16.7. The lowest BCUT2D eigenvalue weighted by Crippen LogP contribution is -2.27. The SMILES string of the molecule is COc1ccccc1-c1cc2n(C)c(C)c(CCC(=O)NCc3ccc4c(c3)OCO4)c(=O)n2n1. The van der Waals surface area contributed by atoms with Gasteiger partial charge in [0.05, 0.1) is 12.8 Å². The average Bonchev–Trinajstić information content (AvgIpc) is 3.53. The lowest BCUT2D eigenvalue weighted by molar-refractivity contribution is -0.121. The van der Waals surface area contributed by atoms with Gasteiger partial charge in [-0.15, -0.1) is 0 Å². The fraction of sp³-hybridized carbons (Fsp3) is 0.269. The minimum Gasteiger partial charge on any atom is -0.496 e. The normalized spacial score (nSPS) is 12.2. The van der Waals surface area contributed by atoms with Gasteiger partial charge in [0, 0.05) is 42.9 Å². The van der Waals surface area contributed by atoms with Gasteiger partial charge < -0.3 is 24.1 Å². The van der Waals surface area contributed by atoms with E-state index in [-0.39, 0.29) is 24.7 Å². The van der Waals surface area contributed by atoms with Crippen molar-refractivity contribution < 1.29 is 19.0 Å². The number of rotatable bonds is 7. The van der Waals surface area contributed by atoms with Crippen molar-refractivity contribution in [3.63, 3.8) is 0 Å². The molecule has 0 unspecified atom stereocenters. The summed E-state index contributed by atoms with van der Waals surface area (Å²) in [7, 11) is 3.49. The molecule has 3 heterocycles. The van der Waals surface area contributed by atoms with Crippen LogP contribution < -0.4 is 25.1 Å². The highest BCUT2D eigenvalue weighted by molar-refractivity contribution is 5.76. The minimum absolute atomic E-state index is 0.139. The number of fused-ring (bicyclic) bond motifs is 2. The number of nitrogens with one attached hydrogen (secondary N) is 1. The Morgan fingerprint density at radius 1 is 1.14 bits per heavy atom. The highest BCUT2D eigenvalue weighted by Gasteiger charge is 2.18. The molecule has 0 radical (unpaired) electrons. The second kappa shape index (κ2) is 9.17. The first-order chi connectivity index (χ1) is 17.0. The lowest BCUT2D eigenvalue weighted by atomic mass is 10.1. The molecular formula is C26H26N4O5. The summed E-state index contributed by atoms with van der Waals surface area (Å²) in [5.41, 5.74) is 4.18. The van der Waals surface area contributed by atoms with Gasteiger partial charge in [-0.2, -0.15) is 9.61 Å². The number of benzene rings is 2. The van der Waals surface area contributed by atoms with Crippen molar-refractivity contribution in [1.82, 2.24) is 19.5 Å². The molecule has 0 fully saturated rings. The van der Waals surface area contributed by atoms with Crippen molar-refractivity contribution in [2.45, 2.75) is 26.3 Å². The highest BCUT2D eigenvalue weighted by Crippen LogP contribution is 2.32. The summed E-state index contributed by atoms with van der Waals surface area (Å²) >= 11 is 0. The van der Waals surface area contributed by atoms with Gasteiger partial charge in [-0.05, 0) is 43.2 Å². The first-order valence-corrected chi connectivity index (χ1v) is 11.3. The molecule has 5 rings (SSSR count). The number of ether oxygens (including phenoxy) is 3. The molecule has 35 heavy (non-hydrogen) atoms. The maximum absolute atomic E-state index is 13.3. The number of carbonyl (C=O) groups is 1. The monoisotopic (exact) mass is 474 g/mol. The van der Waals surface area contributed by atoms with E-state index in [0.717, 1.165) is 16.8 Å². The molecule has 180 valence electrons. The minimum atomic E-state index is -0.222. The molecule has 0 atom stereocenters. The van der Waals surface area contributed by atoms with Crippen LogP contribution in [0.2, 0.25) is 0 Å². The third kappa shape index (κ3) is 4.21. The number of aryl methyl sites for hydroxylation is 1. The van der Waals surface area contributed by atoms with E-state index < -0.39 is 0 Å². The van der Waals surface area contributed by atoms with Crippen LogP contribution in [0.15, 0.2) is 53.3 Å². The quantitative estimate of drug-likeness (QED) is 0.442. The fourth-order valence-electron chi connectivity index (χ4n) is 4.27. The van der Waals surface area contributed by atoms with Crippen LogP contribution in [-0.2, 0) is 24.8 Å². The van der Waals surface area contributed by atoms with Crippen LogP contribution in [0.4, 0.5) is 0 Å². The van der Waals surface area contributed by atoms with Crippen LogP contribution in [0.25, 0.3) is 16.9 Å². The summed E-state index contributed by atoms with van der Waals surface area (Å²) in [6, 6.07) is 15.0. The Bertz CT molecular complexity index is 1490. The Morgan fingerprint density at radius 2 is 1.94 bits per heavy atom. The van der Waals surface area contributed by atoms with E-state index in [0.29, 0.717) is 47.1 Å². The predicted molar refractivity (Wildman–Crippen MR) is 130 cm³/mol. The molecule has 0 bridgehead atoms. The summed E-state index contributed by atoms with van der Waals surface area (Å²) in [5.74, 6) is 1.92. The molecule has 0 saturated heterocycles. The van der Waals surface area contributed by atoms with Gasteiger partial charge >= 0.3 is 0 Å². The Kier molecular flexibility index (Phi) is 5.90. The standard InChI is InChI=1S/C26H26N4O5/c1-16-18(9-11-24(31)27-14-17-8-10-22-23(12-17)35-15-34-22)26(32)30-25(29(16)2)13-20(28-30)19-6-4-5-7-21(19)33-3/h4-8,10,12-13H,9,11,14-15H2,1-3H3,(H,27,31). The van der Waals surface area contributed by atoms with Gasteiger partial charge in [0.15, 0.2) is 11.5 Å².